The number of alkyl halides is 6. The molecule has 0 aliphatic heterocycles. The van der Waals surface area contributed by atoms with Crippen LogP contribution in [0.4, 0.5) is 26.3 Å². The standard InChI is InChI=1S/C37H49F6N3O5/c1-24(25-19-27(36(38,39)40)21-28(20-25)37(41,42)43)32(49)45-35(26-11-9-8-10-12-26)15-13-29(14-16-35)46(23-31(48)50-7)18-17-44-34(5,6)22-30(47)51-33(2,3)4/h8-12,19-21,24,29,44H,13-18,22-23H2,1-7H3,(H,45,49). The number of carbonyl (C=O) groups is 3. The molecule has 8 nitrogen and oxygen atoms in total. The van der Waals surface area contributed by atoms with Gasteiger partial charge in [-0.15, -0.1) is 0 Å². The number of carbonyl (C=O) groups excluding carboxylic acids is 3. The van der Waals surface area contributed by atoms with Crippen molar-refractivity contribution in [1.82, 2.24) is 15.5 Å². The molecule has 0 aromatic heterocycles. The van der Waals surface area contributed by atoms with Gasteiger partial charge in [0, 0.05) is 24.7 Å². The summed E-state index contributed by atoms with van der Waals surface area (Å²) in [5.41, 5.74) is -4.82. The lowest BCUT2D eigenvalue weighted by atomic mass is 9.74. The van der Waals surface area contributed by atoms with Crippen LogP contribution in [0, 0.1) is 0 Å². The Morgan fingerprint density at radius 1 is 0.882 bits per heavy atom. The smallest absolute Gasteiger partial charge is 0.416 e. The summed E-state index contributed by atoms with van der Waals surface area (Å²) in [6.07, 6.45) is -8.20. The van der Waals surface area contributed by atoms with E-state index in [2.05, 4.69) is 10.6 Å². The summed E-state index contributed by atoms with van der Waals surface area (Å²) >= 11 is 0. The zero-order valence-corrected chi connectivity index (χ0v) is 30.2. The predicted molar refractivity (Wildman–Crippen MR) is 180 cm³/mol. The lowest BCUT2D eigenvalue weighted by Gasteiger charge is -2.45. The first-order valence-electron chi connectivity index (χ1n) is 16.9. The summed E-state index contributed by atoms with van der Waals surface area (Å²) in [6, 6.07) is 10.1. The molecule has 2 aromatic carbocycles. The second-order valence-electron chi connectivity index (χ2n) is 14.8. The van der Waals surface area contributed by atoms with Crippen LogP contribution in [0.1, 0.15) is 102 Å². The molecular formula is C37H49F6N3O5. The number of hydrogen-bond acceptors (Lipinski definition) is 7. The Labute approximate surface area is 295 Å². The minimum Gasteiger partial charge on any atom is -0.468 e. The van der Waals surface area contributed by atoms with Gasteiger partial charge in [-0.05, 0) is 96.6 Å². The molecular weight excluding hydrogens is 680 g/mol. The molecule has 1 fully saturated rings. The van der Waals surface area contributed by atoms with Crippen molar-refractivity contribution in [2.75, 3.05) is 26.7 Å². The van der Waals surface area contributed by atoms with Crippen LogP contribution in [0.3, 0.4) is 0 Å². The molecule has 1 amide bonds. The maximum atomic E-state index is 13.7. The zero-order valence-electron chi connectivity index (χ0n) is 30.2. The number of amides is 1. The number of methoxy groups -OCH3 is 1. The first-order chi connectivity index (χ1) is 23.4. The quantitative estimate of drug-likeness (QED) is 0.164. The summed E-state index contributed by atoms with van der Waals surface area (Å²) < 4.78 is 91.9. The third kappa shape index (κ3) is 12.2. The van der Waals surface area contributed by atoms with E-state index < -0.39 is 63.5 Å². The molecule has 2 aromatic rings. The van der Waals surface area contributed by atoms with E-state index in [0.717, 1.165) is 5.56 Å². The van der Waals surface area contributed by atoms with E-state index in [1.165, 1.54) is 14.0 Å². The fourth-order valence-corrected chi connectivity index (χ4v) is 6.39. The Morgan fingerprint density at radius 2 is 1.43 bits per heavy atom. The number of ether oxygens (including phenoxy) is 2. The fourth-order valence-electron chi connectivity index (χ4n) is 6.39. The van der Waals surface area contributed by atoms with Crippen LogP contribution in [-0.4, -0.2) is 66.7 Å². The summed E-state index contributed by atoms with van der Waals surface area (Å²) in [5, 5.41) is 6.37. The summed E-state index contributed by atoms with van der Waals surface area (Å²) in [6.45, 7) is 11.3. The van der Waals surface area contributed by atoms with Gasteiger partial charge in [0.05, 0.1) is 42.7 Å². The van der Waals surface area contributed by atoms with Crippen molar-refractivity contribution in [2.24, 2.45) is 0 Å². The van der Waals surface area contributed by atoms with Crippen molar-refractivity contribution >= 4 is 17.8 Å². The van der Waals surface area contributed by atoms with Crippen molar-refractivity contribution in [3.8, 4) is 0 Å². The van der Waals surface area contributed by atoms with Gasteiger partial charge >= 0.3 is 24.3 Å². The summed E-state index contributed by atoms with van der Waals surface area (Å²) in [4.78, 5) is 40.6. The van der Waals surface area contributed by atoms with Gasteiger partial charge in [-0.1, -0.05) is 30.3 Å². The summed E-state index contributed by atoms with van der Waals surface area (Å²) in [7, 11) is 1.29. The number of rotatable bonds is 13. The van der Waals surface area contributed by atoms with Crippen LogP contribution in [0.5, 0.6) is 0 Å². The van der Waals surface area contributed by atoms with E-state index in [9.17, 15) is 40.7 Å². The average molecular weight is 730 g/mol. The third-order valence-corrected chi connectivity index (χ3v) is 9.09. The van der Waals surface area contributed by atoms with Gasteiger partial charge in [0.2, 0.25) is 5.91 Å². The molecule has 1 aliphatic carbocycles. The molecule has 1 atom stereocenters. The van der Waals surface area contributed by atoms with Crippen LogP contribution in [0.2, 0.25) is 0 Å². The predicted octanol–water partition coefficient (Wildman–Crippen LogP) is 7.36. The van der Waals surface area contributed by atoms with Gasteiger partial charge in [-0.25, -0.2) is 0 Å². The number of halogens is 6. The van der Waals surface area contributed by atoms with Crippen LogP contribution < -0.4 is 10.6 Å². The monoisotopic (exact) mass is 729 g/mol. The SMILES string of the molecule is COC(=O)CN(CCNC(C)(C)CC(=O)OC(C)(C)C)C1CCC(NC(=O)C(C)c2cc(C(F)(F)F)cc(C(F)(F)F)c2)(c2ccccc2)CC1. The summed E-state index contributed by atoms with van der Waals surface area (Å²) in [5.74, 6) is -2.84. The van der Waals surface area contributed by atoms with Crippen LogP contribution in [0.15, 0.2) is 48.5 Å². The Balaban J connectivity index is 1.80. The number of nitrogens with one attached hydrogen (secondary N) is 2. The largest absolute Gasteiger partial charge is 0.468 e. The lowest BCUT2D eigenvalue weighted by molar-refractivity contribution is -0.156. The maximum Gasteiger partial charge on any atom is 0.416 e. The Morgan fingerprint density at radius 3 is 1.92 bits per heavy atom. The number of esters is 2. The molecule has 1 unspecified atom stereocenters. The minimum atomic E-state index is -5.05. The molecule has 284 valence electrons. The molecule has 0 saturated heterocycles. The second kappa shape index (κ2) is 16.4. The minimum absolute atomic E-state index is 0.00580. The third-order valence-electron chi connectivity index (χ3n) is 9.09. The molecule has 3 rings (SSSR count). The highest BCUT2D eigenvalue weighted by molar-refractivity contribution is 5.84. The van der Waals surface area contributed by atoms with Crippen molar-refractivity contribution in [3.05, 3.63) is 70.8 Å². The molecule has 0 radical (unpaired) electrons. The van der Waals surface area contributed by atoms with Crippen LogP contribution in [0.25, 0.3) is 0 Å². The number of hydrogen-bond donors (Lipinski definition) is 2. The van der Waals surface area contributed by atoms with Crippen molar-refractivity contribution < 1.29 is 50.2 Å². The molecule has 51 heavy (non-hydrogen) atoms. The Kier molecular flexibility index (Phi) is 13.4. The topological polar surface area (TPSA) is 97.0 Å². The van der Waals surface area contributed by atoms with Crippen molar-refractivity contribution in [1.29, 1.82) is 0 Å². The van der Waals surface area contributed by atoms with Gasteiger partial charge in [0.15, 0.2) is 0 Å². The van der Waals surface area contributed by atoms with Crippen LogP contribution in [-0.2, 0) is 41.7 Å². The van der Waals surface area contributed by atoms with E-state index in [-0.39, 0.29) is 31.0 Å². The highest BCUT2D eigenvalue weighted by atomic mass is 19.4. The van der Waals surface area contributed by atoms with E-state index in [4.69, 9.17) is 9.47 Å². The van der Waals surface area contributed by atoms with Gasteiger partial charge in [-0.2, -0.15) is 26.3 Å². The van der Waals surface area contributed by atoms with Crippen molar-refractivity contribution in [3.63, 3.8) is 0 Å². The zero-order chi connectivity index (χ0) is 38.4. The van der Waals surface area contributed by atoms with Crippen LogP contribution >= 0.6 is 0 Å². The van der Waals surface area contributed by atoms with Gasteiger partial charge in [-0.3, -0.25) is 19.3 Å². The number of benzene rings is 2. The molecule has 0 bridgehead atoms. The molecule has 1 saturated carbocycles. The molecule has 2 N–H and O–H groups in total. The van der Waals surface area contributed by atoms with E-state index in [1.807, 2.05) is 30.9 Å². The molecule has 0 heterocycles. The Hall–Kier alpha value is -3.65. The van der Waals surface area contributed by atoms with E-state index in [1.54, 1.807) is 39.0 Å². The van der Waals surface area contributed by atoms with E-state index >= 15 is 0 Å². The van der Waals surface area contributed by atoms with Gasteiger partial charge < -0.3 is 20.1 Å². The molecule has 0 spiro atoms. The van der Waals surface area contributed by atoms with Gasteiger partial charge in [0.1, 0.15) is 5.60 Å². The highest BCUT2D eigenvalue weighted by Gasteiger charge is 2.42. The average Bonchev–Trinajstić information content (AvgIpc) is 3.02. The molecule has 14 heteroatoms. The molecule has 1 aliphatic rings. The van der Waals surface area contributed by atoms with Crippen molar-refractivity contribution in [2.45, 2.75) is 115 Å². The first-order valence-corrected chi connectivity index (χ1v) is 16.9. The lowest BCUT2D eigenvalue weighted by Crippen LogP contribution is -2.54. The fraction of sp³-hybridized carbons (Fsp3) is 0.595. The normalized spacial score (nSPS) is 19.4. The number of nitrogens with zero attached hydrogens (tertiary/aromatic N) is 1. The van der Waals surface area contributed by atoms with Gasteiger partial charge in [0.25, 0.3) is 0 Å². The maximum absolute atomic E-state index is 13.7. The highest BCUT2D eigenvalue weighted by Crippen LogP contribution is 2.41. The first kappa shape index (κ1) is 41.8. The van der Waals surface area contributed by atoms with E-state index in [0.29, 0.717) is 50.9 Å². The Bertz CT molecular complexity index is 1460. The second-order valence-corrected chi connectivity index (χ2v) is 14.8.